The third-order valence-electron chi connectivity index (χ3n) is 17.3. The zero-order valence-corrected chi connectivity index (χ0v) is 100. The Morgan fingerprint density at radius 2 is 0.667 bits per heavy atom. The van der Waals surface area contributed by atoms with Crippen LogP contribution in [0.25, 0.3) is 0 Å². The van der Waals surface area contributed by atoms with Gasteiger partial charge in [0.05, 0.1) is 26.2 Å². The minimum Gasteiger partial charge on any atom is -0.742 e. The summed E-state index contributed by atoms with van der Waals surface area (Å²) in [7, 11) is 20.8. The number of rotatable bonds is 44. The predicted octanol–water partition coefficient (Wildman–Crippen LogP) is 6.11. The molecule has 8 atom stereocenters. The molecule has 768 valence electrons. The van der Waals surface area contributed by atoms with Gasteiger partial charge in [-0.05, 0) is 84.5 Å². The second kappa shape index (κ2) is 89.9. The smallest absolute Gasteiger partial charge is 0.742 e. The van der Waals surface area contributed by atoms with Crippen LogP contribution in [0.5, 0.6) is 0 Å². The third kappa shape index (κ3) is 65.0. The van der Waals surface area contributed by atoms with E-state index < -0.39 is 39.6 Å². The number of thioether (sulfide) groups is 1. The number of fused-ring (bicyclic) bond motifs is 3. The Morgan fingerprint density at radius 1 is 0.432 bits per heavy atom. The Kier molecular flexibility index (Phi) is 98.1. The number of carbonyl (C=O) groups is 14. The fraction of sp³-hybridized carbons (Fsp3) is 0.813. The quantitative estimate of drug-likeness (QED) is 0.00780. The summed E-state index contributed by atoms with van der Waals surface area (Å²) in [6.45, 7) is 16.6. The molecular formula is C75H130Br3Cl8I2KN12O25S6. The van der Waals surface area contributed by atoms with E-state index in [1.54, 1.807) is 110 Å². The number of ether oxygens (including phenoxy) is 11. The molecule has 8 heterocycles. The molecule has 0 aromatic rings. The fourth-order valence-corrected chi connectivity index (χ4v) is 17.6. The van der Waals surface area contributed by atoms with Gasteiger partial charge in [0.15, 0.2) is 46.2 Å². The largest absolute Gasteiger partial charge is 1.00 e. The van der Waals surface area contributed by atoms with E-state index in [-0.39, 0.29) is 182 Å². The van der Waals surface area contributed by atoms with E-state index in [0.29, 0.717) is 170 Å². The molecule has 8 aliphatic rings. The van der Waals surface area contributed by atoms with Crippen LogP contribution in [0.1, 0.15) is 91.4 Å². The Labute approximate surface area is 939 Å². The summed E-state index contributed by atoms with van der Waals surface area (Å²) < 4.78 is 52.1. The zero-order valence-electron chi connectivity index (χ0n) is 77.0. The topological polar surface area (TPSA) is 397 Å². The molecule has 37 nitrogen and oxygen atoms in total. The Balaban J connectivity index is -0.000000348. The van der Waals surface area contributed by atoms with Crippen LogP contribution in [0.4, 0.5) is 0 Å². The molecule has 8 unspecified atom stereocenters. The van der Waals surface area contributed by atoms with Crippen LogP contribution in [0, 0.1) is 0 Å². The van der Waals surface area contributed by atoms with E-state index in [9.17, 15) is 67.1 Å². The number of alkyl halides is 10. The van der Waals surface area contributed by atoms with E-state index in [0.717, 1.165) is 55.8 Å². The summed E-state index contributed by atoms with van der Waals surface area (Å²) in [4.78, 5) is 179. The predicted molar refractivity (Wildman–Crippen MR) is 554 cm³/mol. The van der Waals surface area contributed by atoms with Gasteiger partial charge in [-0.25, -0.2) is 0 Å². The molecule has 0 aromatic carbocycles. The molecule has 8 rings (SSSR count). The number of hydrogen-bond donors (Lipinski definition) is 4. The molecule has 8 fully saturated rings. The maximum atomic E-state index is 12.7. The molecule has 2 N–H and O–H groups in total. The van der Waals surface area contributed by atoms with Crippen molar-refractivity contribution in [1.82, 2.24) is 59.6 Å². The average molecular weight is 2610 g/mol. The summed E-state index contributed by atoms with van der Waals surface area (Å²) >= 11 is 61.3. The molecule has 132 heavy (non-hydrogen) atoms. The average Bonchev–Trinajstić information content (AvgIpc) is 0.905. The zero-order chi connectivity index (χ0) is 100. The van der Waals surface area contributed by atoms with Crippen molar-refractivity contribution >= 4 is 331 Å². The van der Waals surface area contributed by atoms with Gasteiger partial charge in [0.2, 0.25) is 29.5 Å². The molecule has 0 aliphatic carbocycles. The minimum atomic E-state index is -1.61. The van der Waals surface area contributed by atoms with Crippen molar-refractivity contribution in [3.63, 3.8) is 0 Å². The van der Waals surface area contributed by atoms with Gasteiger partial charge in [0.1, 0.15) is 6.04 Å². The van der Waals surface area contributed by atoms with Crippen molar-refractivity contribution in [2.24, 2.45) is 0 Å². The van der Waals surface area contributed by atoms with Gasteiger partial charge in [-0.3, -0.25) is 62.3 Å². The molecule has 0 spiro atoms. The van der Waals surface area contributed by atoms with Crippen LogP contribution >= 0.6 is 237 Å². The minimum absolute atomic E-state index is 0. The molecule has 0 saturated carbocycles. The van der Waals surface area contributed by atoms with Gasteiger partial charge in [-0.2, -0.15) is 0 Å². The number of piperazine rings is 6. The summed E-state index contributed by atoms with van der Waals surface area (Å²) in [5.41, 5.74) is 0. The van der Waals surface area contributed by atoms with E-state index >= 15 is 0 Å². The Bertz CT molecular complexity index is 2970. The first-order valence-corrected chi connectivity index (χ1v) is 56.8. The molecule has 57 heteroatoms. The van der Waals surface area contributed by atoms with Crippen molar-refractivity contribution in [3.8, 4) is 0 Å². The monoisotopic (exact) mass is 2600 g/mol. The van der Waals surface area contributed by atoms with Crippen molar-refractivity contribution in [2.45, 2.75) is 142 Å². The van der Waals surface area contributed by atoms with Crippen LogP contribution in [-0.2, 0) is 132 Å². The first kappa shape index (κ1) is 144. The maximum Gasteiger partial charge on any atom is 1.00 e. The second-order valence-electron chi connectivity index (χ2n) is 27.1. The Morgan fingerprint density at radius 3 is 0.909 bits per heavy atom. The second-order valence-corrected chi connectivity index (χ2v) is 40.2. The number of nitrogens with zero attached hydrogens (tertiary/aromatic N) is 10. The van der Waals surface area contributed by atoms with Crippen LogP contribution in [0.3, 0.4) is 0 Å². The maximum absolute atomic E-state index is 12.7. The molecule has 2 bridgehead atoms. The first-order chi connectivity index (χ1) is 61.6. The van der Waals surface area contributed by atoms with E-state index in [1.165, 1.54) is 59.9 Å². The first-order valence-electron chi connectivity index (χ1n) is 40.2. The number of thiol groups is 2. The molecule has 8 saturated heterocycles. The van der Waals surface area contributed by atoms with Crippen molar-refractivity contribution < 1.29 is 171 Å². The summed E-state index contributed by atoms with van der Waals surface area (Å²) in [5.74, 6) is -1.04. The number of carbonyl (C=O) groups excluding carboxylic acids is 14. The molecule has 0 radical (unpaired) electrons. The fourth-order valence-electron chi connectivity index (χ4n) is 11.4. The molecule has 8 aliphatic heterocycles. The van der Waals surface area contributed by atoms with E-state index in [1.807, 2.05) is 0 Å². The van der Waals surface area contributed by atoms with Crippen molar-refractivity contribution in [3.05, 3.63) is 0 Å². The van der Waals surface area contributed by atoms with Gasteiger partial charge in [-0.1, -0.05) is 162 Å². The number of halogens is 13. The van der Waals surface area contributed by atoms with E-state index in [2.05, 4.69) is 134 Å². The van der Waals surface area contributed by atoms with Gasteiger partial charge < -0.3 is 129 Å². The normalized spacial score (nSPS) is 19.7. The van der Waals surface area contributed by atoms with Crippen molar-refractivity contribution in [1.29, 1.82) is 0 Å². The number of amides is 12. The number of hydrogen-bond acceptors (Lipinski definition) is 31. The summed E-state index contributed by atoms with van der Waals surface area (Å²) in [6.07, 6.45) is 8.15. The number of methoxy groups -OCH3 is 11. The van der Waals surface area contributed by atoms with Gasteiger partial charge in [0.25, 0.3) is 44.6 Å². The van der Waals surface area contributed by atoms with Crippen LogP contribution < -0.4 is 62.0 Å². The van der Waals surface area contributed by atoms with Crippen LogP contribution in [0.2, 0.25) is 0 Å². The van der Waals surface area contributed by atoms with Crippen LogP contribution in [-0.4, -0.2) is 428 Å². The molecule has 0 aromatic heterocycles. The summed E-state index contributed by atoms with van der Waals surface area (Å²) in [5, 5.41) is 2.35. The van der Waals surface area contributed by atoms with Gasteiger partial charge in [-0.15, -0.1) is 37.7 Å². The van der Waals surface area contributed by atoms with Crippen LogP contribution in [0.15, 0.2) is 0 Å². The summed E-state index contributed by atoms with van der Waals surface area (Å²) in [6, 6.07) is -0.522. The molecule has 12 amide bonds. The molecular weight excluding hydrogens is 2480 g/mol. The standard InChI is InChI=1S/C15H26N2O5S.C12H20Br2N2O4.C12H20N2O4S2.C12H22N2O4S2.C12H22N2O4.C4H9BrO.C4H6N2O2.C2H4OS.CCl4.CHCl3.ClH.I2.K/c1-11-13(19)17(8-6-10-22-4)15(23-12(2)18)14(20)16(11)7-5-9-21-3;1-19-7-3-5-15-9(13)12(18)16(6-4-8-20-2)10(14)11(15)17;1-17-7-3-5-13-9(15)12-14(6-4-8-18-2)10(16)11(13)19-20-12;1-17-7-3-5-13-9(15)12(20)14(6-4-8-18-2)10(16)11(13)19;1-17-7-3-5-13-9-12(16)14(10-11(13)15)6-4-8-18-2;1-6-4-2-3-5;7-3-1-5-4(8)2-6-3;1-2(3)4;2-1(3,4)5;2-1(3)4;;1-2;/h11,15H,5-10H2,1-4H3;9-10H,3-8H2,1-2H3;11-12H,3-8H2,1-2H3;11-12,19-20H,3-8H2,1-2H3;3-10H2,1-2H3;2-4H2,1H3;1-2H2,(H,5,8)(H,6,7);1H3,(H,3,4);;1H;1H;;/q;;;;;;;;;;;;+1/p-1. The van der Waals surface area contributed by atoms with Gasteiger partial charge in [0, 0.05) is 271 Å². The van der Waals surface area contributed by atoms with Crippen molar-refractivity contribution in [2.75, 3.05) is 248 Å². The SMILES string of the molecule is CC(=O)[S-].COCCCBr.COCCCN1C(=O)C(Br)N(CCCOC)C(=O)C1Br.COCCCN1C(=O)C(S)N(CCCOC)C(=O)C1S.COCCCN1C(=O)C(SC(C)=O)N(CCCOC)C(=O)C1C.COCCCN1C(=O)C2SSC1C(=O)N2CCCOC.COCCCN1CC(=O)N(CCCOC)CC1=O.Cl.ClC(Cl)(Cl)Cl.ClC(Cl)Cl.II.O=C1CNC(=O)CN1.[K+]. The van der Waals surface area contributed by atoms with E-state index in [4.69, 9.17) is 133 Å². The Hall–Kier alpha value is 1.37. The van der Waals surface area contributed by atoms with Gasteiger partial charge >= 0.3 is 51.4 Å². The number of nitrogens with one attached hydrogen (secondary N) is 2. The third-order valence-corrected chi connectivity index (χ3v) is 24.5.